The van der Waals surface area contributed by atoms with Crippen LogP contribution >= 0.6 is 0 Å². The summed E-state index contributed by atoms with van der Waals surface area (Å²) in [4.78, 5) is 0. The third kappa shape index (κ3) is 4.99. The Morgan fingerprint density at radius 2 is 2.06 bits per heavy atom. The molecule has 3 nitrogen and oxygen atoms in total. The Morgan fingerprint density at radius 1 is 1.29 bits per heavy atom. The van der Waals surface area contributed by atoms with E-state index in [0.717, 1.165) is 0 Å². The van der Waals surface area contributed by atoms with Crippen molar-refractivity contribution < 1.29 is 18.3 Å². The molecule has 1 aromatic rings. The third-order valence-electron chi connectivity index (χ3n) is 2.16. The molecule has 0 saturated carbocycles. The van der Waals surface area contributed by atoms with E-state index < -0.39 is 12.5 Å². The van der Waals surface area contributed by atoms with Gasteiger partial charge in [-0.3, -0.25) is 0 Å². The number of halogens is 2. The Labute approximate surface area is 99.7 Å². The van der Waals surface area contributed by atoms with Gasteiger partial charge in [-0.05, 0) is 19.1 Å². The summed E-state index contributed by atoms with van der Waals surface area (Å²) in [5, 5.41) is 2.71. The van der Waals surface area contributed by atoms with E-state index in [1.165, 1.54) is 6.92 Å². The maximum absolute atomic E-state index is 12.4. The molecule has 0 saturated heterocycles. The predicted molar refractivity (Wildman–Crippen MR) is 62.9 cm³/mol. The van der Waals surface area contributed by atoms with Gasteiger partial charge < -0.3 is 14.8 Å². The molecule has 1 unspecified atom stereocenters. The molecule has 0 aliphatic rings. The van der Waals surface area contributed by atoms with Gasteiger partial charge in [0.05, 0.1) is 12.6 Å². The van der Waals surface area contributed by atoms with Crippen LogP contribution in [0.2, 0.25) is 0 Å². The van der Waals surface area contributed by atoms with Gasteiger partial charge in [0, 0.05) is 18.9 Å². The van der Waals surface area contributed by atoms with Gasteiger partial charge in [0.25, 0.3) is 6.43 Å². The maximum Gasteiger partial charge on any atom is 0.258 e. The monoisotopic (exact) mass is 245 g/mol. The minimum atomic E-state index is -2.40. The lowest BCUT2D eigenvalue weighted by atomic mass is 10.2. The Bertz CT molecular complexity index is 334. The number of ether oxygens (including phenoxy) is 2. The summed E-state index contributed by atoms with van der Waals surface area (Å²) in [7, 11) is 1.59. The van der Waals surface area contributed by atoms with Crippen molar-refractivity contribution in [2.24, 2.45) is 0 Å². The van der Waals surface area contributed by atoms with Crippen LogP contribution in [0.3, 0.4) is 0 Å². The molecule has 0 amide bonds. The molecular formula is C12H17F2NO2. The van der Waals surface area contributed by atoms with Crippen molar-refractivity contribution in [3.63, 3.8) is 0 Å². The van der Waals surface area contributed by atoms with Crippen molar-refractivity contribution in [3.8, 4) is 5.75 Å². The smallest absolute Gasteiger partial charge is 0.258 e. The minimum absolute atomic E-state index is 0.435. The molecule has 0 aliphatic heterocycles. The van der Waals surface area contributed by atoms with E-state index in [1.807, 2.05) is 0 Å². The molecule has 17 heavy (non-hydrogen) atoms. The SMILES string of the molecule is COCCOc1cccc(NC(C)C(F)F)c1. The van der Waals surface area contributed by atoms with E-state index in [-0.39, 0.29) is 0 Å². The lowest BCUT2D eigenvalue weighted by Crippen LogP contribution is -2.23. The second-order valence-electron chi connectivity index (χ2n) is 3.64. The number of rotatable bonds is 7. The summed E-state index contributed by atoms with van der Waals surface area (Å²) in [5.74, 6) is 0.633. The largest absolute Gasteiger partial charge is 0.491 e. The first-order chi connectivity index (χ1) is 8.13. The molecule has 1 N–H and O–H groups in total. The van der Waals surface area contributed by atoms with Crippen LogP contribution in [0.5, 0.6) is 5.75 Å². The summed E-state index contributed by atoms with van der Waals surface area (Å²) < 4.78 is 34.9. The van der Waals surface area contributed by atoms with Gasteiger partial charge in [0.15, 0.2) is 0 Å². The summed E-state index contributed by atoms with van der Waals surface area (Å²) in [6, 6.07) is 6.05. The predicted octanol–water partition coefficient (Wildman–Crippen LogP) is 2.78. The van der Waals surface area contributed by atoms with E-state index in [9.17, 15) is 8.78 Å². The summed E-state index contributed by atoms with van der Waals surface area (Å²) >= 11 is 0. The molecule has 0 spiro atoms. The second kappa shape index (κ2) is 7.06. The van der Waals surface area contributed by atoms with Crippen molar-refractivity contribution in [1.29, 1.82) is 0 Å². The lowest BCUT2D eigenvalue weighted by Gasteiger charge is -2.15. The average Bonchev–Trinajstić information content (AvgIpc) is 2.30. The van der Waals surface area contributed by atoms with Gasteiger partial charge in [0.1, 0.15) is 12.4 Å². The summed E-state index contributed by atoms with van der Waals surface area (Å²) in [6.07, 6.45) is -2.40. The Morgan fingerprint density at radius 3 is 2.71 bits per heavy atom. The van der Waals surface area contributed by atoms with Crippen molar-refractivity contribution in [3.05, 3.63) is 24.3 Å². The lowest BCUT2D eigenvalue weighted by molar-refractivity contribution is 0.130. The number of hydrogen-bond donors (Lipinski definition) is 1. The highest BCUT2D eigenvalue weighted by Gasteiger charge is 2.13. The number of hydrogen-bond acceptors (Lipinski definition) is 3. The molecule has 0 aliphatic carbocycles. The van der Waals surface area contributed by atoms with Crippen molar-refractivity contribution in [2.45, 2.75) is 19.4 Å². The molecule has 1 atom stereocenters. The van der Waals surface area contributed by atoms with Crippen LogP contribution in [-0.4, -0.2) is 32.8 Å². The highest BCUT2D eigenvalue weighted by atomic mass is 19.3. The molecule has 1 aromatic carbocycles. The Kier molecular flexibility index (Phi) is 5.69. The molecular weight excluding hydrogens is 228 g/mol. The number of nitrogens with one attached hydrogen (secondary N) is 1. The number of benzene rings is 1. The van der Waals surface area contributed by atoms with Crippen LogP contribution in [0.25, 0.3) is 0 Å². The van der Waals surface area contributed by atoms with Gasteiger partial charge in [-0.2, -0.15) is 0 Å². The topological polar surface area (TPSA) is 30.5 Å². The molecule has 96 valence electrons. The van der Waals surface area contributed by atoms with Crippen LogP contribution in [0.4, 0.5) is 14.5 Å². The molecule has 0 aromatic heterocycles. The van der Waals surface area contributed by atoms with Gasteiger partial charge in [0.2, 0.25) is 0 Å². The van der Waals surface area contributed by atoms with Crippen LogP contribution in [0, 0.1) is 0 Å². The van der Waals surface area contributed by atoms with E-state index in [0.29, 0.717) is 24.7 Å². The highest BCUT2D eigenvalue weighted by Crippen LogP contribution is 2.19. The van der Waals surface area contributed by atoms with Crippen LogP contribution in [0.15, 0.2) is 24.3 Å². The zero-order valence-corrected chi connectivity index (χ0v) is 9.95. The molecule has 5 heteroatoms. The Hall–Kier alpha value is -1.36. The zero-order valence-electron chi connectivity index (χ0n) is 9.95. The Balaban J connectivity index is 2.53. The third-order valence-corrected chi connectivity index (χ3v) is 2.16. The number of methoxy groups -OCH3 is 1. The normalized spacial score (nSPS) is 12.5. The van der Waals surface area contributed by atoms with Crippen molar-refractivity contribution >= 4 is 5.69 Å². The molecule has 1 rings (SSSR count). The van der Waals surface area contributed by atoms with Crippen LogP contribution in [-0.2, 0) is 4.74 Å². The van der Waals surface area contributed by atoms with Crippen molar-refractivity contribution in [2.75, 3.05) is 25.6 Å². The number of anilines is 1. The standard InChI is InChI=1S/C12H17F2NO2/c1-9(12(13)14)15-10-4-3-5-11(8-10)17-7-6-16-2/h3-5,8-9,12,15H,6-7H2,1-2H3. The molecule has 0 bridgehead atoms. The first-order valence-corrected chi connectivity index (χ1v) is 5.40. The second-order valence-corrected chi connectivity index (χ2v) is 3.64. The minimum Gasteiger partial charge on any atom is -0.491 e. The van der Waals surface area contributed by atoms with E-state index in [4.69, 9.17) is 9.47 Å². The highest BCUT2D eigenvalue weighted by molar-refractivity contribution is 5.48. The first kappa shape index (κ1) is 13.7. The fourth-order valence-electron chi connectivity index (χ4n) is 1.24. The zero-order chi connectivity index (χ0) is 12.7. The van der Waals surface area contributed by atoms with E-state index in [2.05, 4.69) is 5.32 Å². The quantitative estimate of drug-likeness (QED) is 0.749. The maximum atomic E-state index is 12.4. The van der Waals surface area contributed by atoms with E-state index in [1.54, 1.807) is 31.4 Å². The fraction of sp³-hybridized carbons (Fsp3) is 0.500. The average molecular weight is 245 g/mol. The molecule has 0 radical (unpaired) electrons. The van der Waals surface area contributed by atoms with Gasteiger partial charge in [-0.1, -0.05) is 6.07 Å². The molecule has 0 heterocycles. The van der Waals surface area contributed by atoms with Gasteiger partial charge >= 0.3 is 0 Å². The number of alkyl halides is 2. The van der Waals surface area contributed by atoms with Crippen LogP contribution < -0.4 is 10.1 Å². The summed E-state index contributed by atoms with van der Waals surface area (Å²) in [6.45, 7) is 2.36. The fourth-order valence-corrected chi connectivity index (χ4v) is 1.24. The van der Waals surface area contributed by atoms with Crippen molar-refractivity contribution in [1.82, 2.24) is 0 Å². The molecule has 0 fully saturated rings. The summed E-state index contributed by atoms with van der Waals surface area (Å²) in [5.41, 5.74) is 0.618. The first-order valence-electron chi connectivity index (χ1n) is 5.40. The van der Waals surface area contributed by atoms with E-state index >= 15 is 0 Å². The van der Waals surface area contributed by atoms with Crippen LogP contribution in [0.1, 0.15) is 6.92 Å². The van der Waals surface area contributed by atoms with Gasteiger partial charge in [-0.15, -0.1) is 0 Å². The van der Waals surface area contributed by atoms with Gasteiger partial charge in [-0.25, -0.2) is 8.78 Å².